The van der Waals surface area contributed by atoms with E-state index in [4.69, 9.17) is 26.2 Å². The van der Waals surface area contributed by atoms with Crippen molar-refractivity contribution >= 4 is 41.6 Å². The molecule has 0 saturated carbocycles. The molecular formula is C17H26N4O11. The molecule has 0 saturated heterocycles. The number of hydrogen-bond acceptors (Lipinski definition) is 8. The number of rotatable bonds is 15. The first-order valence-electron chi connectivity index (χ1n) is 9.29. The van der Waals surface area contributed by atoms with Crippen molar-refractivity contribution < 1.29 is 54.0 Å². The highest BCUT2D eigenvalue weighted by Crippen LogP contribution is 2.04. The molecule has 4 unspecified atom stereocenters. The maximum atomic E-state index is 12.6. The van der Waals surface area contributed by atoms with Gasteiger partial charge < -0.3 is 42.1 Å². The quantitative estimate of drug-likeness (QED) is 0.122. The first-order valence-corrected chi connectivity index (χ1v) is 9.29. The van der Waals surface area contributed by atoms with Crippen molar-refractivity contribution in [1.29, 1.82) is 0 Å². The van der Waals surface area contributed by atoms with Gasteiger partial charge in [-0.25, -0.2) is 0 Å². The van der Waals surface area contributed by atoms with Crippen LogP contribution in [0.4, 0.5) is 0 Å². The molecule has 0 heterocycles. The van der Waals surface area contributed by atoms with Gasteiger partial charge in [0.25, 0.3) is 0 Å². The van der Waals surface area contributed by atoms with E-state index in [1.165, 1.54) is 0 Å². The summed E-state index contributed by atoms with van der Waals surface area (Å²) < 4.78 is 0. The van der Waals surface area contributed by atoms with Gasteiger partial charge in [-0.1, -0.05) is 0 Å². The van der Waals surface area contributed by atoms with Gasteiger partial charge in [-0.3, -0.25) is 33.6 Å². The Hall–Kier alpha value is -3.75. The fraction of sp³-hybridized carbons (Fsp3) is 0.588. The highest BCUT2D eigenvalue weighted by atomic mass is 16.4. The van der Waals surface area contributed by atoms with Crippen LogP contribution >= 0.6 is 0 Å². The summed E-state index contributed by atoms with van der Waals surface area (Å²) in [4.78, 5) is 80.2. The number of carbonyl (C=O) groups excluding carboxylic acids is 3. The molecule has 0 aromatic rings. The second-order valence-electron chi connectivity index (χ2n) is 6.76. The van der Waals surface area contributed by atoms with Gasteiger partial charge in [0.1, 0.15) is 18.1 Å². The average molecular weight is 462 g/mol. The summed E-state index contributed by atoms with van der Waals surface area (Å²) in [7, 11) is 0. The van der Waals surface area contributed by atoms with Crippen molar-refractivity contribution in [3.8, 4) is 0 Å². The zero-order chi connectivity index (χ0) is 25.0. The van der Waals surface area contributed by atoms with Crippen LogP contribution in [0.3, 0.4) is 0 Å². The molecule has 0 aliphatic heterocycles. The molecule has 0 rings (SSSR count). The van der Waals surface area contributed by atoms with Gasteiger partial charge in [0.15, 0.2) is 0 Å². The number of carbonyl (C=O) groups is 7. The van der Waals surface area contributed by atoms with Crippen LogP contribution in [0.15, 0.2) is 0 Å². The Kier molecular flexibility index (Phi) is 11.9. The molecule has 0 radical (unpaired) electrons. The lowest BCUT2D eigenvalue weighted by atomic mass is 10.1. The molecule has 0 aromatic heterocycles. The van der Waals surface area contributed by atoms with Crippen LogP contribution < -0.4 is 21.7 Å². The fourth-order valence-corrected chi connectivity index (χ4v) is 2.28. The first-order chi connectivity index (χ1) is 14.7. The topological polar surface area (TPSA) is 263 Å². The second kappa shape index (κ2) is 13.5. The smallest absolute Gasteiger partial charge is 0.325 e. The highest BCUT2D eigenvalue weighted by Gasteiger charge is 2.30. The lowest BCUT2D eigenvalue weighted by Crippen LogP contribution is -2.57. The summed E-state index contributed by atoms with van der Waals surface area (Å²) >= 11 is 0. The molecule has 15 nitrogen and oxygen atoms in total. The minimum atomic E-state index is -1.55. The minimum absolute atomic E-state index is 0.433. The van der Waals surface area contributed by atoms with E-state index in [9.17, 15) is 33.6 Å². The predicted octanol–water partition coefficient (Wildman–Crippen LogP) is -2.92. The summed E-state index contributed by atoms with van der Waals surface area (Å²) in [6.45, 7) is 1.13. The number of aliphatic carboxylic acids is 4. The second-order valence-corrected chi connectivity index (χ2v) is 6.76. The van der Waals surface area contributed by atoms with E-state index in [0.29, 0.717) is 0 Å². The Balaban J connectivity index is 5.48. The van der Waals surface area contributed by atoms with Crippen molar-refractivity contribution in [2.24, 2.45) is 5.73 Å². The van der Waals surface area contributed by atoms with Gasteiger partial charge >= 0.3 is 23.9 Å². The molecule has 0 bridgehead atoms. The lowest BCUT2D eigenvalue weighted by Gasteiger charge is -2.24. The van der Waals surface area contributed by atoms with E-state index < -0.39 is 97.9 Å². The third kappa shape index (κ3) is 11.4. The molecule has 0 aromatic carbocycles. The Bertz CT molecular complexity index is 755. The van der Waals surface area contributed by atoms with Crippen molar-refractivity contribution in [3.63, 3.8) is 0 Å². The third-order valence-electron chi connectivity index (χ3n) is 4.02. The van der Waals surface area contributed by atoms with Crippen LogP contribution in [-0.4, -0.2) is 86.2 Å². The summed E-state index contributed by atoms with van der Waals surface area (Å²) in [6, 6.07) is -5.97. The van der Waals surface area contributed by atoms with E-state index in [-0.39, 0.29) is 0 Å². The van der Waals surface area contributed by atoms with Crippen LogP contribution in [-0.2, 0) is 33.6 Å². The van der Waals surface area contributed by atoms with Gasteiger partial charge in [0.05, 0.1) is 12.5 Å². The summed E-state index contributed by atoms with van der Waals surface area (Å²) in [5.41, 5.74) is 5.41. The number of carboxylic acids is 4. The summed E-state index contributed by atoms with van der Waals surface area (Å²) in [5, 5.41) is 41.6. The zero-order valence-corrected chi connectivity index (χ0v) is 17.1. The molecule has 0 aliphatic carbocycles. The van der Waals surface area contributed by atoms with Crippen molar-refractivity contribution in [3.05, 3.63) is 0 Å². The van der Waals surface area contributed by atoms with Crippen molar-refractivity contribution in [1.82, 2.24) is 16.0 Å². The molecule has 0 spiro atoms. The maximum Gasteiger partial charge on any atom is 0.325 e. The monoisotopic (exact) mass is 462 g/mol. The van der Waals surface area contributed by atoms with Crippen molar-refractivity contribution in [2.45, 2.75) is 63.2 Å². The molecule has 15 heteroatoms. The van der Waals surface area contributed by atoms with Gasteiger partial charge in [0.2, 0.25) is 17.7 Å². The van der Waals surface area contributed by atoms with Gasteiger partial charge in [-0.15, -0.1) is 0 Å². The number of carboxylic acid groups (broad SMARTS) is 4. The van der Waals surface area contributed by atoms with Gasteiger partial charge in [-0.2, -0.15) is 0 Å². The molecule has 0 fully saturated rings. The SMILES string of the molecule is CC(NC(=O)C(CCC(=O)O)NC(=O)C(CCC(=O)O)NC(=O)C(N)CC(=O)O)C(=O)O. The van der Waals surface area contributed by atoms with Crippen molar-refractivity contribution in [2.75, 3.05) is 0 Å². The zero-order valence-electron chi connectivity index (χ0n) is 17.1. The fourth-order valence-electron chi connectivity index (χ4n) is 2.28. The van der Waals surface area contributed by atoms with Crippen LogP contribution in [0.2, 0.25) is 0 Å². The first kappa shape index (κ1) is 28.2. The Morgan fingerprint density at radius 1 is 0.688 bits per heavy atom. The lowest BCUT2D eigenvalue weighted by molar-refractivity contribution is -0.142. The van der Waals surface area contributed by atoms with Crippen LogP contribution in [0, 0.1) is 0 Å². The van der Waals surface area contributed by atoms with E-state index in [0.717, 1.165) is 6.92 Å². The standard InChI is InChI=1S/C17H26N4O11/c1-7(17(31)32)19-15(29)9(2-4-11(22)23)21-16(30)10(3-5-12(24)25)20-14(28)8(18)6-13(26)27/h7-10H,2-6,18H2,1H3,(H,19,29)(H,20,28)(H,21,30)(H,22,23)(H,24,25)(H,26,27)(H,31,32). The van der Waals surface area contributed by atoms with E-state index in [2.05, 4.69) is 16.0 Å². The molecule has 0 aliphatic rings. The Labute approximate surface area is 181 Å². The summed E-state index contributed by atoms with van der Waals surface area (Å²) in [6.07, 6.45) is -2.82. The van der Waals surface area contributed by atoms with Crippen LogP contribution in [0.5, 0.6) is 0 Å². The Morgan fingerprint density at radius 2 is 1.09 bits per heavy atom. The van der Waals surface area contributed by atoms with Crippen LogP contribution in [0.25, 0.3) is 0 Å². The molecule has 9 N–H and O–H groups in total. The molecule has 3 amide bonds. The summed E-state index contributed by atoms with van der Waals surface area (Å²) in [5.74, 6) is -8.56. The largest absolute Gasteiger partial charge is 0.481 e. The Morgan fingerprint density at radius 3 is 1.47 bits per heavy atom. The van der Waals surface area contributed by atoms with E-state index in [1.54, 1.807) is 0 Å². The normalized spacial score (nSPS) is 14.2. The average Bonchev–Trinajstić information content (AvgIpc) is 2.66. The third-order valence-corrected chi connectivity index (χ3v) is 4.02. The highest BCUT2D eigenvalue weighted by molar-refractivity contribution is 5.95. The minimum Gasteiger partial charge on any atom is -0.481 e. The number of nitrogens with one attached hydrogen (secondary N) is 3. The maximum absolute atomic E-state index is 12.6. The number of amides is 3. The molecular weight excluding hydrogens is 436 g/mol. The molecule has 180 valence electrons. The van der Waals surface area contributed by atoms with Gasteiger partial charge in [0, 0.05) is 12.8 Å². The van der Waals surface area contributed by atoms with Crippen LogP contribution in [0.1, 0.15) is 39.0 Å². The van der Waals surface area contributed by atoms with Gasteiger partial charge in [-0.05, 0) is 19.8 Å². The molecule has 32 heavy (non-hydrogen) atoms. The molecule has 4 atom stereocenters. The van der Waals surface area contributed by atoms with E-state index >= 15 is 0 Å². The predicted molar refractivity (Wildman–Crippen MR) is 103 cm³/mol. The number of nitrogens with two attached hydrogens (primary N) is 1. The number of hydrogen-bond donors (Lipinski definition) is 8. The van der Waals surface area contributed by atoms with E-state index in [1.807, 2.05) is 0 Å².